The molecule has 49 heavy (non-hydrogen) atoms. The van der Waals surface area contributed by atoms with E-state index in [1.165, 1.54) is 24.1 Å². The van der Waals surface area contributed by atoms with Crippen LogP contribution in [-0.4, -0.2) is 92.3 Å². The van der Waals surface area contributed by atoms with E-state index in [-0.39, 0.29) is 74.5 Å². The largest absolute Gasteiger partial charge is 0.497 e. The maximum atomic E-state index is 14.1. The van der Waals surface area contributed by atoms with Gasteiger partial charge in [-0.1, -0.05) is 58.0 Å². The molecule has 0 aliphatic rings. The fraction of sp³-hybridized carbons (Fsp3) is 0.583. The smallest absolute Gasteiger partial charge is 0.410 e. The second-order valence-electron chi connectivity index (χ2n) is 14.6. The van der Waals surface area contributed by atoms with Gasteiger partial charge < -0.3 is 30.1 Å². The summed E-state index contributed by atoms with van der Waals surface area (Å²) in [6.07, 6.45) is -0.435. The van der Waals surface area contributed by atoms with Gasteiger partial charge in [0.25, 0.3) is 0 Å². The number of amides is 3. The maximum absolute atomic E-state index is 14.1. The SMILES string of the molecule is COc1ccc(S(=O)(=O)N(CC(C)C)C(O)(CCNC(=O)CC(C)(C)CNC(=O)CCN(C)C(=O)OC(C)(C)C)Cc2ccccc2)cc1. The Morgan fingerprint density at radius 3 is 2.08 bits per heavy atom. The molecule has 0 radical (unpaired) electrons. The van der Waals surface area contributed by atoms with Crippen LogP contribution in [0.5, 0.6) is 5.75 Å². The zero-order chi connectivity index (χ0) is 37.0. The number of hydrogen-bond acceptors (Lipinski definition) is 8. The summed E-state index contributed by atoms with van der Waals surface area (Å²) < 4.78 is 39.8. The number of carbonyl (C=O) groups is 3. The minimum Gasteiger partial charge on any atom is -0.497 e. The van der Waals surface area contributed by atoms with E-state index in [4.69, 9.17) is 9.47 Å². The number of ether oxygens (including phenoxy) is 2. The predicted octanol–water partition coefficient (Wildman–Crippen LogP) is 4.57. The number of benzene rings is 2. The number of nitrogens with one attached hydrogen (secondary N) is 2. The molecule has 2 rings (SSSR count). The molecule has 1 unspecified atom stereocenters. The second kappa shape index (κ2) is 17.8. The molecule has 0 bridgehead atoms. The molecule has 3 N–H and O–H groups in total. The lowest BCUT2D eigenvalue weighted by atomic mass is 9.88. The average Bonchev–Trinajstić information content (AvgIpc) is 3.00. The Labute approximate surface area is 292 Å². The summed E-state index contributed by atoms with van der Waals surface area (Å²) in [5, 5.41) is 17.9. The summed E-state index contributed by atoms with van der Waals surface area (Å²) in [7, 11) is -1.11. The summed E-state index contributed by atoms with van der Waals surface area (Å²) in [6.45, 7) is 13.2. The Morgan fingerprint density at radius 2 is 1.53 bits per heavy atom. The Hall–Kier alpha value is -3.68. The number of carbonyl (C=O) groups excluding carboxylic acids is 3. The molecule has 2 aromatic rings. The quantitative estimate of drug-likeness (QED) is 0.191. The van der Waals surface area contributed by atoms with Gasteiger partial charge in [0.1, 0.15) is 17.1 Å². The van der Waals surface area contributed by atoms with Crippen LogP contribution in [0.2, 0.25) is 0 Å². The van der Waals surface area contributed by atoms with Gasteiger partial charge in [0, 0.05) is 58.9 Å². The predicted molar refractivity (Wildman–Crippen MR) is 189 cm³/mol. The molecular weight excluding hydrogens is 648 g/mol. The standard InChI is InChI=1S/C36H56N4O8S/c1-27(2)25-40(49(45,46)30-17-15-29(47-9)16-18-30)36(44,23-28-13-11-10-12-14-28)20-21-37-32(42)24-35(6,7)26-38-31(41)19-22-39(8)33(43)48-34(3,4)5/h10-18,27,44H,19-26H2,1-9H3,(H,37,42)(H,38,41). The van der Waals surface area contributed by atoms with E-state index >= 15 is 0 Å². The first-order valence-electron chi connectivity index (χ1n) is 16.6. The first kappa shape index (κ1) is 41.5. The van der Waals surface area contributed by atoms with Gasteiger partial charge in [0.15, 0.2) is 0 Å². The fourth-order valence-corrected chi connectivity index (χ4v) is 6.84. The van der Waals surface area contributed by atoms with Crippen molar-refractivity contribution in [2.75, 3.05) is 40.3 Å². The van der Waals surface area contributed by atoms with Crippen molar-refractivity contribution in [1.82, 2.24) is 19.8 Å². The lowest BCUT2D eigenvalue weighted by molar-refractivity contribution is -0.125. The lowest BCUT2D eigenvalue weighted by Gasteiger charge is -2.40. The number of sulfonamides is 1. The third-order valence-corrected chi connectivity index (χ3v) is 9.54. The maximum Gasteiger partial charge on any atom is 0.410 e. The van der Waals surface area contributed by atoms with Gasteiger partial charge in [-0.3, -0.25) is 9.59 Å². The van der Waals surface area contributed by atoms with Crippen molar-refractivity contribution in [2.24, 2.45) is 11.3 Å². The van der Waals surface area contributed by atoms with Crippen molar-refractivity contribution in [3.63, 3.8) is 0 Å². The molecule has 0 aliphatic carbocycles. The highest BCUT2D eigenvalue weighted by atomic mass is 32.2. The van der Waals surface area contributed by atoms with E-state index in [1.807, 2.05) is 58.0 Å². The summed E-state index contributed by atoms with van der Waals surface area (Å²) >= 11 is 0. The van der Waals surface area contributed by atoms with Crippen molar-refractivity contribution in [2.45, 2.75) is 90.4 Å². The molecule has 1 atom stereocenters. The molecule has 12 nitrogen and oxygen atoms in total. The Bertz CT molecular complexity index is 1470. The van der Waals surface area contributed by atoms with Crippen molar-refractivity contribution in [3.05, 3.63) is 60.2 Å². The van der Waals surface area contributed by atoms with Crippen LogP contribution < -0.4 is 15.4 Å². The molecular formula is C36H56N4O8S. The summed E-state index contributed by atoms with van der Waals surface area (Å²) in [5.74, 6) is -0.180. The van der Waals surface area contributed by atoms with E-state index in [0.29, 0.717) is 5.75 Å². The van der Waals surface area contributed by atoms with Crippen LogP contribution in [0.15, 0.2) is 59.5 Å². The highest BCUT2D eigenvalue weighted by Crippen LogP contribution is 2.31. The van der Waals surface area contributed by atoms with Gasteiger partial charge in [-0.2, -0.15) is 4.31 Å². The van der Waals surface area contributed by atoms with Crippen molar-refractivity contribution in [3.8, 4) is 5.75 Å². The molecule has 274 valence electrons. The normalized spacial score (nSPS) is 13.5. The van der Waals surface area contributed by atoms with Crippen LogP contribution in [0.1, 0.15) is 73.3 Å². The molecule has 13 heteroatoms. The van der Waals surface area contributed by atoms with Crippen LogP contribution in [0.4, 0.5) is 4.79 Å². The molecule has 0 heterocycles. The van der Waals surface area contributed by atoms with Gasteiger partial charge in [-0.25, -0.2) is 13.2 Å². The molecule has 2 aromatic carbocycles. The van der Waals surface area contributed by atoms with E-state index in [0.717, 1.165) is 9.87 Å². The van der Waals surface area contributed by atoms with Gasteiger partial charge >= 0.3 is 6.09 Å². The average molecular weight is 705 g/mol. The highest BCUT2D eigenvalue weighted by molar-refractivity contribution is 7.89. The Morgan fingerprint density at radius 1 is 0.918 bits per heavy atom. The van der Waals surface area contributed by atoms with Gasteiger partial charge in [-0.05, 0) is 61.9 Å². The van der Waals surface area contributed by atoms with Crippen molar-refractivity contribution < 1.29 is 37.4 Å². The van der Waals surface area contributed by atoms with E-state index in [1.54, 1.807) is 40.0 Å². The Kier molecular flexibility index (Phi) is 15.1. The molecule has 0 spiro atoms. The van der Waals surface area contributed by atoms with E-state index < -0.39 is 32.9 Å². The van der Waals surface area contributed by atoms with Crippen LogP contribution in [0, 0.1) is 11.3 Å². The van der Waals surface area contributed by atoms with Crippen molar-refractivity contribution in [1.29, 1.82) is 0 Å². The lowest BCUT2D eigenvalue weighted by Crippen LogP contribution is -2.55. The van der Waals surface area contributed by atoms with Crippen LogP contribution in [0.3, 0.4) is 0 Å². The number of hydrogen-bond donors (Lipinski definition) is 3. The zero-order valence-corrected chi connectivity index (χ0v) is 31.4. The summed E-state index contributed by atoms with van der Waals surface area (Å²) in [5.41, 5.74) is -2.38. The van der Waals surface area contributed by atoms with Gasteiger partial charge in [0.2, 0.25) is 21.8 Å². The fourth-order valence-electron chi connectivity index (χ4n) is 5.01. The first-order valence-corrected chi connectivity index (χ1v) is 18.0. The minimum atomic E-state index is -4.17. The highest BCUT2D eigenvalue weighted by Gasteiger charge is 2.43. The summed E-state index contributed by atoms with van der Waals surface area (Å²) in [4.78, 5) is 39.1. The van der Waals surface area contributed by atoms with E-state index in [2.05, 4.69) is 10.6 Å². The number of aliphatic hydroxyl groups is 1. The van der Waals surface area contributed by atoms with Crippen LogP contribution in [0.25, 0.3) is 0 Å². The minimum absolute atomic E-state index is 0.00640. The third kappa shape index (κ3) is 14.0. The molecule has 0 saturated carbocycles. The Balaban J connectivity index is 2.10. The second-order valence-corrected chi connectivity index (χ2v) is 16.5. The summed E-state index contributed by atoms with van der Waals surface area (Å²) in [6, 6.07) is 15.2. The van der Waals surface area contributed by atoms with Crippen LogP contribution >= 0.6 is 0 Å². The zero-order valence-electron chi connectivity index (χ0n) is 30.5. The van der Waals surface area contributed by atoms with Crippen molar-refractivity contribution >= 4 is 27.9 Å². The topological polar surface area (TPSA) is 155 Å². The molecule has 0 aromatic heterocycles. The monoisotopic (exact) mass is 704 g/mol. The number of rotatable bonds is 18. The molecule has 3 amide bonds. The van der Waals surface area contributed by atoms with Gasteiger partial charge in [0.05, 0.1) is 12.0 Å². The van der Waals surface area contributed by atoms with Gasteiger partial charge in [-0.15, -0.1) is 0 Å². The molecule has 0 aliphatic heterocycles. The molecule has 0 saturated heterocycles. The number of methoxy groups -OCH3 is 1. The number of nitrogens with zero attached hydrogens (tertiary/aromatic N) is 2. The van der Waals surface area contributed by atoms with E-state index in [9.17, 15) is 27.9 Å². The molecule has 0 fully saturated rings. The first-order chi connectivity index (χ1) is 22.7. The van der Waals surface area contributed by atoms with Crippen LogP contribution in [-0.2, 0) is 30.8 Å². The third-order valence-electron chi connectivity index (χ3n) is 7.60.